The van der Waals surface area contributed by atoms with E-state index in [4.69, 9.17) is 5.84 Å². The van der Waals surface area contributed by atoms with Crippen LogP contribution in [-0.2, 0) is 0 Å². The maximum absolute atomic E-state index is 5.29. The Kier molecular flexibility index (Phi) is 6.55. The van der Waals surface area contributed by atoms with E-state index in [1.807, 2.05) is 6.08 Å². The maximum atomic E-state index is 5.29. The number of allylic oxidation sites excluding steroid dienone is 1. The van der Waals surface area contributed by atoms with Crippen molar-refractivity contribution in [3.63, 3.8) is 0 Å². The molecule has 1 atom stereocenters. The molecule has 60 valence electrons. The van der Waals surface area contributed by atoms with Gasteiger partial charge in [-0.2, -0.15) is 0 Å². The molecule has 0 amide bonds. The minimum Gasteiger partial charge on any atom is -0.271 e. The zero-order valence-corrected chi connectivity index (χ0v) is 6.77. The zero-order valence-electron chi connectivity index (χ0n) is 6.77. The third-order valence-electron chi connectivity index (χ3n) is 1.69. The van der Waals surface area contributed by atoms with Crippen molar-refractivity contribution in [1.29, 1.82) is 0 Å². The predicted molar refractivity (Wildman–Crippen MR) is 45.5 cm³/mol. The Morgan fingerprint density at radius 2 is 2.40 bits per heavy atom. The molecule has 0 aromatic heterocycles. The summed E-state index contributed by atoms with van der Waals surface area (Å²) in [5.41, 5.74) is 2.78. The van der Waals surface area contributed by atoms with E-state index in [2.05, 4.69) is 18.9 Å². The van der Waals surface area contributed by atoms with Crippen LogP contribution in [0.3, 0.4) is 0 Å². The van der Waals surface area contributed by atoms with Crippen molar-refractivity contribution in [2.45, 2.75) is 38.6 Å². The van der Waals surface area contributed by atoms with Crippen molar-refractivity contribution < 1.29 is 0 Å². The molecule has 0 aliphatic heterocycles. The Morgan fingerprint density at radius 1 is 1.70 bits per heavy atom. The van der Waals surface area contributed by atoms with Gasteiger partial charge in [-0.3, -0.25) is 11.3 Å². The Bertz CT molecular complexity index is 77.3. The van der Waals surface area contributed by atoms with Gasteiger partial charge >= 0.3 is 0 Å². The average Bonchev–Trinajstić information content (AvgIpc) is 1.99. The topological polar surface area (TPSA) is 38.0 Å². The summed E-state index contributed by atoms with van der Waals surface area (Å²) in [6, 6.07) is 0.486. The number of hydrogen-bond acceptors (Lipinski definition) is 2. The van der Waals surface area contributed by atoms with Gasteiger partial charge in [-0.15, -0.1) is 6.58 Å². The van der Waals surface area contributed by atoms with Crippen molar-refractivity contribution in [1.82, 2.24) is 5.43 Å². The van der Waals surface area contributed by atoms with Crippen molar-refractivity contribution in [3.8, 4) is 0 Å². The first-order valence-electron chi connectivity index (χ1n) is 3.92. The Labute approximate surface area is 63.5 Å². The number of nitrogens with two attached hydrogens (primary N) is 1. The molecule has 10 heavy (non-hydrogen) atoms. The van der Waals surface area contributed by atoms with Crippen LogP contribution in [0.4, 0.5) is 0 Å². The van der Waals surface area contributed by atoms with E-state index in [1.54, 1.807) is 0 Å². The summed E-state index contributed by atoms with van der Waals surface area (Å²) < 4.78 is 0. The van der Waals surface area contributed by atoms with Crippen LogP contribution in [-0.4, -0.2) is 6.04 Å². The second-order valence-corrected chi connectivity index (χ2v) is 2.49. The van der Waals surface area contributed by atoms with Crippen LogP contribution in [0.2, 0.25) is 0 Å². The zero-order chi connectivity index (χ0) is 7.82. The Hall–Kier alpha value is -0.340. The predicted octanol–water partition coefficient (Wildman–Crippen LogP) is 1.58. The first-order valence-corrected chi connectivity index (χ1v) is 3.92. The molecular formula is C8H18N2. The second-order valence-electron chi connectivity index (χ2n) is 2.49. The molecule has 2 nitrogen and oxygen atoms in total. The van der Waals surface area contributed by atoms with E-state index in [1.165, 1.54) is 6.42 Å². The lowest BCUT2D eigenvalue weighted by Crippen LogP contribution is -2.34. The molecule has 0 bridgehead atoms. The van der Waals surface area contributed by atoms with Gasteiger partial charge in [-0.1, -0.05) is 13.0 Å². The van der Waals surface area contributed by atoms with Crippen molar-refractivity contribution >= 4 is 0 Å². The van der Waals surface area contributed by atoms with E-state index < -0.39 is 0 Å². The minimum absolute atomic E-state index is 0.486. The third kappa shape index (κ3) is 4.53. The van der Waals surface area contributed by atoms with Crippen molar-refractivity contribution in [2.75, 3.05) is 0 Å². The quantitative estimate of drug-likeness (QED) is 0.256. The first kappa shape index (κ1) is 9.66. The minimum atomic E-state index is 0.486. The molecule has 0 heterocycles. The number of rotatable bonds is 6. The summed E-state index contributed by atoms with van der Waals surface area (Å²) >= 11 is 0. The van der Waals surface area contributed by atoms with Gasteiger partial charge < -0.3 is 0 Å². The monoisotopic (exact) mass is 142 g/mol. The summed E-state index contributed by atoms with van der Waals surface area (Å²) in [7, 11) is 0. The van der Waals surface area contributed by atoms with Crippen LogP contribution >= 0.6 is 0 Å². The van der Waals surface area contributed by atoms with Crippen LogP contribution in [0.5, 0.6) is 0 Å². The number of unbranched alkanes of at least 4 members (excludes halogenated alkanes) is 1. The van der Waals surface area contributed by atoms with Crippen LogP contribution in [0.25, 0.3) is 0 Å². The maximum Gasteiger partial charge on any atom is 0.0208 e. The highest BCUT2D eigenvalue weighted by molar-refractivity contribution is 4.68. The molecular weight excluding hydrogens is 124 g/mol. The van der Waals surface area contributed by atoms with Crippen LogP contribution < -0.4 is 11.3 Å². The average molecular weight is 142 g/mol. The van der Waals surface area contributed by atoms with E-state index >= 15 is 0 Å². The summed E-state index contributed by atoms with van der Waals surface area (Å²) in [4.78, 5) is 0. The standard InChI is InChI=1S/C8H18N2/c1-3-5-6-7-8(4-2)10-9/h3,8,10H,1,4-7,9H2,2H3. The highest BCUT2D eigenvalue weighted by Gasteiger charge is 2.00. The fourth-order valence-electron chi connectivity index (χ4n) is 0.914. The molecule has 1 unspecified atom stereocenters. The molecule has 3 N–H and O–H groups in total. The van der Waals surface area contributed by atoms with E-state index in [-0.39, 0.29) is 0 Å². The van der Waals surface area contributed by atoms with Crippen LogP contribution in [0.15, 0.2) is 12.7 Å². The molecule has 0 aromatic rings. The van der Waals surface area contributed by atoms with Gasteiger partial charge in [-0.25, -0.2) is 0 Å². The van der Waals surface area contributed by atoms with Gasteiger partial charge in [0.25, 0.3) is 0 Å². The molecule has 0 radical (unpaired) electrons. The summed E-state index contributed by atoms with van der Waals surface area (Å²) in [6.45, 7) is 5.79. The highest BCUT2D eigenvalue weighted by Crippen LogP contribution is 2.02. The first-order chi connectivity index (χ1) is 4.85. The molecule has 0 aliphatic rings. The van der Waals surface area contributed by atoms with Gasteiger partial charge in [0, 0.05) is 6.04 Å². The lowest BCUT2D eigenvalue weighted by Gasteiger charge is -2.11. The van der Waals surface area contributed by atoms with Crippen LogP contribution in [0, 0.1) is 0 Å². The lowest BCUT2D eigenvalue weighted by atomic mass is 10.1. The number of hydrazine groups is 1. The van der Waals surface area contributed by atoms with Crippen LogP contribution in [0.1, 0.15) is 32.6 Å². The van der Waals surface area contributed by atoms with Gasteiger partial charge in [-0.05, 0) is 25.7 Å². The highest BCUT2D eigenvalue weighted by atomic mass is 15.2. The second kappa shape index (κ2) is 6.78. The van der Waals surface area contributed by atoms with Gasteiger partial charge in [0.05, 0.1) is 0 Å². The number of nitrogens with one attached hydrogen (secondary N) is 1. The fraction of sp³-hybridized carbons (Fsp3) is 0.750. The molecule has 0 aliphatic carbocycles. The molecule has 0 saturated heterocycles. The van der Waals surface area contributed by atoms with E-state index in [9.17, 15) is 0 Å². The Morgan fingerprint density at radius 3 is 2.80 bits per heavy atom. The number of hydrogen-bond donors (Lipinski definition) is 2. The molecule has 2 heteroatoms. The molecule has 0 rings (SSSR count). The third-order valence-corrected chi connectivity index (χ3v) is 1.69. The molecule has 0 fully saturated rings. The molecule has 0 spiro atoms. The van der Waals surface area contributed by atoms with Gasteiger partial charge in [0.2, 0.25) is 0 Å². The normalized spacial score (nSPS) is 13.0. The molecule has 0 aromatic carbocycles. The summed E-state index contributed by atoms with van der Waals surface area (Å²) in [5, 5.41) is 0. The smallest absolute Gasteiger partial charge is 0.0208 e. The fourth-order valence-corrected chi connectivity index (χ4v) is 0.914. The van der Waals surface area contributed by atoms with Gasteiger partial charge in [0.1, 0.15) is 0 Å². The lowest BCUT2D eigenvalue weighted by molar-refractivity contribution is 0.469. The van der Waals surface area contributed by atoms with Crippen molar-refractivity contribution in [3.05, 3.63) is 12.7 Å². The summed E-state index contributed by atoms with van der Waals surface area (Å²) in [5.74, 6) is 5.29. The SMILES string of the molecule is C=CCCCC(CC)NN. The Balaban J connectivity index is 3.16. The van der Waals surface area contributed by atoms with Gasteiger partial charge in [0.15, 0.2) is 0 Å². The molecule has 0 saturated carbocycles. The van der Waals surface area contributed by atoms with E-state index in [0.29, 0.717) is 6.04 Å². The van der Waals surface area contributed by atoms with Crippen molar-refractivity contribution in [2.24, 2.45) is 5.84 Å². The summed E-state index contributed by atoms with van der Waals surface area (Å²) in [6.07, 6.45) is 6.49. The van der Waals surface area contributed by atoms with E-state index in [0.717, 1.165) is 19.3 Å². The largest absolute Gasteiger partial charge is 0.271 e.